The quantitative estimate of drug-likeness (QED) is 0.537. The van der Waals surface area contributed by atoms with E-state index in [0.717, 1.165) is 17.3 Å². The molecule has 1 amide bonds. The van der Waals surface area contributed by atoms with Gasteiger partial charge < -0.3 is 5.32 Å². The number of aryl methyl sites for hydroxylation is 1. The smallest absolute Gasteiger partial charge is 0.230 e. The fourth-order valence-electron chi connectivity index (χ4n) is 2.48. The van der Waals surface area contributed by atoms with Crippen molar-refractivity contribution in [1.82, 2.24) is 10.3 Å². The molecule has 2 aromatic rings. The maximum atomic E-state index is 12.3. The molecule has 1 heterocycles. The summed E-state index contributed by atoms with van der Waals surface area (Å²) in [4.78, 5) is 28.2. The van der Waals surface area contributed by atoms with Crippen LogP contribution in [0.1, 0.15) is 47.1 Å². The van der Waals surface area contributed by atoms with Crippen molar-refractivity contribution >= 4 is 46.7 Å². The Morgan fingerprint density at radius 2 is 2.04 bits per heavy atom. The minimum Gasteiger partial charge on any atom is -0.349 e. The predicted molar refractivity (Wildman–Crippen MR) is 107 cm³/mol. The number of carbonyl (C=O) groups is 2. The lowest BCUT2D eigenvalue weighted by atomic mass is 10.1. The summed E-state index contributed by atoms with van der Waals surface area (Å²) in [5.74, 6) is -0.298. The van der Waals surface area contributed by atoms with E-state index >= 15 is 0 Å². The topological polar surface area (TPSA) is 82.8 Å². The van der Waals surface area contributed by atoms with E-state index in [0.29, 0.717) is 26.3 Å². The van der Waals surface area contributed by atoms with E-state index in [1.807, 2.05) is 13.0 Å². The second kappa shape index (κ2) is 9.23. The molecule has 1 aromatic heterocycles. The highest BCUT2D eigenvalue weighted by Crippen LogP contribution is 2.27. The number of pyridine rings is 1. The number of Topliss-reactive ketones (excluding diaryl/α,β-unsaturated/α-hetero) is 1. The summed E-state index contributed by atoms with van der Waals surface area (Å²) in [5, 5.41) is 13.6. The fraction of sp³-hybridized carbons (Fsp3) is 0.263. The summed E-state index contributed by atoms with van der Waals surface area (Å²) in [6, 6.07) is 8.34. The molecule has 0 saturated carbocycles. The second-order valence-electron chi connectivity index (χ2n) is 5.89. The average Bonchev–Trinajstić information content (AvgIpc) is 2.59. The normalized spacial score (nSPS) is 11.6. The average molecular weight is 422 g/mol. The fourth-order valence-corrected chi connectivity index (χ4v) is 3.86. The lowest BCUT2D eigenvalue weighted by Gasteiger charge is -2.16. The largest absolute Gasteiger partial charge is 0.349 e. The third kappa shape index (κ3) is 5.46. The first-order valence-corrected chi connectivity index (χ1v) is 9.76. The zero-order valence-electron chi connectivity index (χ0n) is 15.0. The van der Waals surface area contributed by atoms with Gasteiger partial charge >= 0.3 is 0 Å². The Bertz CT molecular complexity index is 941. The van der Waals surface area contributed by atoms with Crippen molar-refractivity contribution in [2.24, 2.45) is 0 Å². The summed E-state index contributed by atoms with van der Waals surface area (Å²) in [7, 11) is 0. The molecule has 0 unspecified atom stereocenters. The Balaban J connectivity index is 2.06. The summed E-state index contributed by atoms with van der Waals surface area (Å²) in [6.45, 7) is 4.95. The number of hydrogen-bond acceptors (Lipinski definition) is 5. The molecule has 0 spiro atoms. The number of thioether (sulfide) groups is 1. The van der Waals surface area contributed by atoms with E-state index in [-0.39, 0.29) is 29.0 Å². The minimum absolute atomic E-state index is 0.0795. The summed E-state index contributed by atoms with van der Waals surface area (Å²) >= 11 is 13.2. The molecule has 140 valence electrons. The molecular formula is C19H17Cl2N3O2S. The number of nitriles is 1. The van der Waals surface area contributed by atoms with Crippen LogP contribution in [0, 0.1) is 18.3 Å². The summed E-state index contributed by atoms with van der Waals surface area (Å²) in [5.41, 5.74) is 1.98. The number of nitrogens with zero attached hydrogens (tertiary/aromatic N) is 2. The molecule has 5 nitrogen and oxygen atoms in total. The van der Waals surface area contributed by atoms with Crippen molar-refractivity contribution in [2.75, 3.05) is 5.75 Å². The van der Waals surface area contributed by atoms with Crippen LogP contribution in [0.4, 0.5) is 0 Å². The highest BCUT2D eigenvalue weighted by atomic mass is 35.5. The van der Waals surface area contributed by atoms with E-state index in [1.54, 1.807) is 25.1 Å². The Hall–Kier alpha value is -2.07. The van der Waals surface area contributed by atoms with E-state index < -0.39 is 0 Å². The molecule has 0 bridgehead atoms. The number of halogens is 2. The maximum Gasteiger partial charge on any atom is 0.230 e. The second-order valence-corrected chi connectivity index (χ2v) is 7.69. The van der Waals surface area contributed by atoms with Crippen molar-refractivity contribution < 1.29 is 9.59 Å². The number of aromatic nitrogens is 1. The first kappa shape index (κ1) is 21.2. The van der Waals surface area contributed by atoms with Gasteiger partial charge in [-0.15, -0.1) is 0 Å². The van der Waals surface area contributed by atoms with Crippen molar-refractivity contribution in [2.45, 2.75) is 31.8 Å². The third-order valence-corrected chi connectivity index (χ3v) is 5.38. The van der Waals surface area contributed by atoms with Gasteiger partial charge in [-0.25, -0.2) is 4.98 Å². The van der Waals surface area contributed by atoms with Crippen LogP contribution >= 0.6 is 35.0 Å². The molecule has 0 fully saturated rings. The van der Waals surface area contributed by atoms with Crippen LogP contribution in [0.2, 0.25) is 10.0 Å². The molecule has 1 atom stereocenters. The molecule has 8 heteroatoms. The SMILES string of the molecule is CC(=O)c1cc(C#N)c(SCC(=O)N[C@H](C)c2ccc(Cl)cc2Cl)nc1C. The lowest BCUT2D eigenvalue weighted by molar-refractivity contribution is -0.119. The highest BCUT2D eigenvalue weighted by Gasteiger charge is 2.16. The number of ketones is 1. The van der Waals surface area contributed by atoms with Gasteiger partial charge in [0, 0.05) is 21.3 Å². The van der Waals surface area contributed by atoms with Crippen LogP contribution < -0.4 is 5.32 Å². The van der Waals surface area contributed by atoms with E-state index in [9.17, 15) is 14.9 Å². The Morgan fingerprint density at radius 3 is 2.63 bits per heavy atom. The Morgan fingerprint density at radius 1 is 1.33 bits per heavy atom. The van der Waals surface area contributed by atoms with Gasteiger partial charge in [0.2, 0.25) is 5.91 Å². The Kier molecular flexibility index (Phi) is 7.25. The van der Waals surface area contributed by atoms with Crippen molar-refractivity contribution in [3.8, 4) is 6.07 Å². The number of hydrogen-bond donors (Lipinski definition) is 1. The van der Waals surface area contributed by atoms with Gasteiger partial charge in [-0.05, 0) is 44.5 Å². The van der Waals surface area contributed by atoms with Gasteiger partial charge in [0.25, 0.3) is 0 Å². The first-order chi connectivity index (χ1) is 12.7. The molecule has 0 aliphatic heterocycles. The first-order valence-electron chi connectivity index (χ1n) is 8.02. The van der Waals surface area contributed by atoms with Crippen LogP contribution in [-0.4, -0.2) is 22.4 Å². The number of rotatable bonds is 6. The number of amides is 1. The molecule has 1 aromatic carbocycles. The van der Waals surface area contributed by atoms with E-state index in [2.05, 4.69) is 10.3 Å². The number of nitrogens with one attached hydrogen (secondary N) is 1. The van der Waals surface area contributed by atoms with Crippen LogP contribution in [0.25, 0.3) is 0 Å². The molecule has 1 N–H and O–H groups in total. The van der Waals surface area contributed by atoms with Gasteiger partial charge in [-0.2, -0.15) is 5.26 Å². The van der Waals surface area contributed by atoms with Gasteiger partial charge in [0.05, 0.1) is 17.4 Å². The minimum atomic E-state index is -0.298. The van der Waals surface area contributed by atoms with E-state index in [4.69, 9.17) is 23.2 Å². The zero-order chi connectivity index (χ0) is 20.1. The van der Waals surface area contributed by atoms with Crippen molar-refractivity contribution in [3.63, 3.8) is 0 Å². The molecule has 27 heavy (non-hydrogen) atoms. The molecular weight excluding hydrogens is 405 g/mol. The van der Waals surface area contributed by atoms with Gasteiger partial charge in [0.15, 0.2) is 5.78 Å². The summed E-state index contributed by atoms with van der Waals surface area (Å²) in [6.07, 6.45) is 0. The number of carbonyl (C=O) groups excluding carboxylic acids is 2. The van der Waals surface area contributed by atoms with Crippen molar-refractivity contribution in [3.05, 3.63) is 56.7 Å². The Labute approximate surface area is 172 Å². The molecule has 0 aliphatic rings. The third-order valence-electron chi connectivity index (χ3n) is 3.82. The van der Waals surface area contributed by atoms with Crippen LogP contribution in [0.5, 0.6) is 0 Å². The predicted octanol–water partition coefficient (Wildman–Crippen LogP) is 4.74. The molecule has 2 rings (SSSR count). The number of benzene rings is 1. The molecule has 0 radical (unpaired) electrons. The van der Waals surface area contributed by atoms with Crippen LogP contribution in [-0.2, 0) is 4.79 Å². The molecule has 0 saturated heterocycles. The van der Waals surface area contributed by atoms with Gasteiger partial charge in [-0.3, -0.25) is 9.59 Å². The van der Waals surface area contributed by atoms with E-state index in [1.165, 1.54) is 13.0 Å². The van der Waals surface area contributed by atoms with Crippen LogP contribution in [0.3, 0.4) is 0 Å². The maximum absolute atomic E-state index is 12.3. The van der Waals surface area contributed by atoms with Crippen molar-refractivity contribution in [1.29, 1.82) is 5.26 Å². The standard InChI is InChI=1S/C19H17Cl2N3O2S/c1-10(15-5-4-14(20)7-17(15)21)23-18(26)9-27-19-13(8-22)6-16(12(3)25)11(2)24-19/h4-7,10H,9H2,1-3H3,(H,23,26)/t10-/m1/s1. The zero-order valence-corrected chi connectivity index (χ0v) is 17.3. The van der Waals surface area contributed by atoms with Gasteiger partial charge in [-0.1, -0.05) is 41.0 Å². The lowest BCUT2D eigenvalue weighted by Crippen LogP contribution is -2.28. The van der Waals surface area contributed by atoms with Crippen LogP contribution in [0.15, 0.2) is 29.3 Å². The summed E-state index contributed by atoms with van der Waals surface area (Å²) < 4.78 is 0. The highest BCUT2D eigenvalue weighted by molar-refractivity contribution is 8.00. The van der Waals surface area contributed by atoms with Gasteiger partial charge in [0.1, 0.15) is 11.1 Å². The monoisotopic (exact) mass is 421 g/mol. The molecule has 0 aliphatic carbocycles.